The second kappa shape index (κ2) is 4.03. The average molecular weight is 226 g/mol. The third kappa shape index (κ3) is 1.97. The van der Waals surface area contributed by atoms with Crippen molar-refractivity contribution in [2.24, 2.45) is 5.73 Å². The highest BCUT2D eigenvalue weighted by Gasteiger charge is 2.31. The van der Waals surface area contributed by atoms with Gasteiger partial charge in [-0.2, -0.15) is 0 Å². The number of nitrogens with two attached hydrogens (primary N) is 1. The van der Waals surface area contributed by atoms with Crippen LogP contribution >= 0.6 is 11.6 Å². The minimum absolute atomic E-state index is 0.171. The van der Waals surface area contributed by atoms with Crippen LogP contribution in [0.4, 0.5) is 0 Å². The summed E-state index contributed by atoms with van der Waals surface area (Å²) in [6.45, 7) is 0. The maximum atomic E-state index is 6.34. The zero-order valence-corrected chi connectivity index (χ0v) is 9.68. The van der Waals surface area contributed by atoms with Crippen molar-refractivity contribution in [2.45, 2.75) is 31.2 Å². The summed E-state index contributed by atoms with van der Waals surface area (Å²) in [5.74, 6) is 0.710. The Morgan fingerprint density at radius 1 is 1.33 bits per heavy atom. The Bertz CT molecular complexity index is 359. The molecule has 1 aliphatic rings. The molecular weight excluding hydrogens is 210 g/mol. The SMILES string of the molecule is COc1ccc(C2(N)CCCC2)cc1Cl. The van der Waals surface area contributed by atoms with Crippen molar-refractivity contribution in [1.29, 1.82) is 0 Å². The molecule has 0 heterocycles. The lowest BCUT2D eigenvalue weighted by atomic mass is 9.89. The standard InChI is InChI=1S/C12H16ClNO/c1-15-11-5-4-9(8-10(11)13)12(14)6-2-3-7-12/h4-5,8H,2-3,6-7,14H2,1H3. The second-order valence-corrected chi connectivity index (χ2v) is 4.62. The molecule has 0 saturated heterocycles. The Labute approximate surface area is 95.4 Å². The molecule has 0 amide bonds. The Morgan fingerprint density at radius 3 is 2.53 bits per heavy atom. The van der Waals surface area contributed by atoms with Crippen LogP contribution in [0, 0.1) is 0 Å². The number of benzene rings is 1. The topological polar surface area (TPSA) is 35.2 Å². The molecule has 0 radical (unpaired) electrons. The van der Waals surface area contributed by atoms with Crippen LogP contribution in [0.25, 0.3) is 0 Å². The summed E-state index contributed by atoms with van der Waals surface area (Å²) >= 11 is 6.09. The van der Waals surface area contributed by atoms with E-state index in [1.165, 1.54) is 12.8 Å². The fraction of sp³-hybridized carbons (Fsp3) is 0.500. The van der Waals surface area contributed by atoms with Crippen LogP contribution in [0.1, 0.15) is 31.2 Å². The van der Waals surface area contributed by atoms with E-state index < -0.39 is 0 Å². The highest BCUT2D eigenvalue weighted by Crippen LogP contribution is 2.38. The van der Waals surface area contributed by atoms with Gasteiger partial charge in [0.1, 0.15) is 5.75 Å². The molecule has 2 rings (SSSR count). The Balaban J connectivity index is 2.33. The second-order valence-electron chi connectivity index (χ2n) is 4.21. The van der Waals surface area contributed by atoms with Crippen LogP contribution < -0.4 is 10.5 Å². The van der Waals surface area contributed by atoms with Crippen LogP contribution in [0.15, 0.2) is 18.2 Å². The molecule has 1 aromatic rings. The number of rotatable bonds is 2. The van der Waals surface area contributed by atoms with Gasteiger partial charge in [-0.05, 0) is 30.5 Å². The van der Waals surface area contributed by atoms with Gasteiger partial charge in [0, 0.05) is 5.54 Å². The first-order valence-electron chi connectivity index (χ1n) is 5.29. The molecule has 82 valence electrons. The minimum atomic E-state index is -0.171. The van der Waals surface area contributed by atoms with Crippen molar-refractivity contribution in [3.63, 3.8) is 0 Å². The molecular formula is C12H16ClNO. The molecule has 0 aliphatic heterocycles. The molecule has 15 heavy (non-hydrogen) atoms. The first-order chi connectivity index (χ1) is 7.15. The van der Waals surface area contributed by atoms with Crippen LogP contribution in [-0.4, -0.2) is 7.11 Å². The summed E-state index contributed by atoms with van der Waals surface area (Å²) < 4.78 is 5.12. The summed E-state index contributed by atoms with van der Waals surface area (Å²) in [6, 6.07) is 5.85. The van der Waals surface area contributed by atoms with Crippen molar-refractivity contribution in [3.05, 3.63) is 28.8 Å². The average Bonchev–Trinajstić information content (AvgIpc) is 2.66. The van der Waals surface area contributed by atoms with Crippen molar-refractivity contribution in [1.82, 2.24) is 0 Å². The van der Waals surface area contributed by atoms with E-state index >= 15 is 0 Å². The molecule has 0 bridgehead atoms. The van der Waals surface area contributed by atoms with E-state index in [-0.39, 0.29) is 5.54 Å². The largest absolute Gasteiger partial charge is 0.495 e. The normalized spacial score (nSPS) is 19.1. The lowest BCUT2D eigenvalue weighted by molar-refractivity contribution is 0.413. The van der Waals surface area contributed by atoms with Gasteiger partial charge in [-0.3, -0.25) is 0 Å². The molecule has 0 atom stereocenters. The Kier molecular flexibility index (Phi) is 2.89. The monoisotopic (exact) mass is 225 g/mol. The van der Waals surface area contributed by atoms with Gasteiger partial charge in [0.05, 0.1) is 12.1 Å². The van der Waals surface area contributed by atoms with Gasteiger partial charge in [-0.1, -0.05) is 30.5 Å². The zero-order valence-electron chi connectivity index (χ0n) is 8.92. The summed E-state index contributed by atoms with van der Waals surface area (Å²) in [5.41, 5.74) is 7.30. The number of halogens is 1. The van der Waals surface area contributed by atoms with E-state index in [2.05, 4.69) is 0 Å². The third-order valence-corrected chi connectivity index (χ3v) is 3.52. The van der Waals surface area contributed by atoms with E-state index in [0.717, 1.165) is 18.4 Å². The predicted octanol–water partition coefficient (Wildman–Crippen LogP) is 3.08. The number of methoxy groups -OCH3 is 1. The van der Waals surface area contributed by atoms with E-state index in [4.69, 9.17) is 22.1 Å². The van der Waals surface area contributed by atoms with Crippen LogP contribution in [0.2, 0.25) is 5.02 Å². The Hall–Kier alpha value is -0.730. The fourth-order valence-electron chi connectivity index (χ4n) is 2.27. The van der Waals surface area contributed by atoms with E-state index in [9.17, 15) is 0 Å². The van der Waals surface area contributed by atoms with Gasteiger partial charge in [-0.25, -0.2) is 0 Å². The van der Waals surface area contributed by atoms with Gasteiger partial charge < -0.3 is 10.5 Å². The lowest BCUT2D eigenvalue weighted by Gasteiger charge is -2.24. The highest BCUT2D eigenvalue weighted by atomic mass is 35.5. The van der Waals surface area contributed by atoms with E-state index in [0.29, 0.717) is 10.8 Å². The molecule has 1 aromatic carbocycles. The number of hydrogen-bond donors (Lipinski definition) is 1. The summed E-state index contributed by atoms with van der Waals surface area (Å²) in [7, 11) is 1.62. The quantitative estimate of drug-likeness (QED) is 0.840. The Morgan fingerprint density at radius 2 is 2.00 bits per heavy atom. The molecule has 3 heteroatoms. The van der Waals surface area contributed by atoms with Crippen LogP contribution in [-0.2, 0) is 5.54 Å². The van der Waals surface area contributed by atoms with Gasteiger partial charge in [0.25, 0.3) is 0 Å². The predicted molar refractivity (Wildman–Crippen MR) is 62.3 cm³/mol. The zero-order chi connectivity index (χ0) is 10.9. The smallest absolute Gasteiger partial charge is 0.137 e. The molecule has 1 aliphatic carbocycles. The number of ether oxygens (including phenoxy) is 1. The third-order valence-electron chi connectivity index (χ3n) is 3.22. The summed E-state index contributed by atoms with van der Waals surface area (Å²) in [5, 5.41) is 0.645. The van der Waals surface area contributed by atoms with Gasteiger partial charge in [0.2, 0.25) is 0 Å². The first-order valence-corrected chi connectivity index (χ1v) is 5.66. The van der Waals surface area contributed by atoms with Crippen molar-refractivity contribution < 1.29 is 4.74 Å². The summed E-state index contributed by atoms with van der Waals surface area (Å²) in [6.07, 6.45) is 4.52. The van der Waals surface area contributed by atoms with Gasteiger partial charge in [0.15, 0.2) is 0 Å². The molecule has 1 saturated carbocycles. The van der Waals surface area contributed by atoms with Crippen LogP contribution in [0.3, 0.4) is 0 Å². The van der Waals surface area contributed by atoms with Gasteiger partial charge >= 0.3 is 0 Å². The maximum Gasteiger partial charge on any atom is 0.137 e. The highest BCUT2D eigenvalue weighted by molar-refractivity contribution is 6.32. The number of hydrogen-bond acceptors (Lipinski definition) is 2. The van der Waals surface area contributed by atoms with Crippen molar-refractivity contribution in [2.75, 3.05) is 7.11 Å². The van der Waals surface area contributed by atoms with Gasteiger partial charge in [-0.15, -0.1) is 0 Å². The molecule has 0 unspecified atom stereocenters. The van der Waals surface area contributed by atoms with Crippen molar-refractivity contribution in [3.8, 4) is 5.75 Å². The van der Waals surface area contributed by atoms with Crippen LogP contribution in [0.5, 0.6) is 5.75 Å². The van der Waals surface area contributed by atoms with E-state index in [1.807, 2.05) is 18.2 Å². The molecule has 0 spiro atoms. The maximum absolute atomic E-state index is 6.34. The lowest BCUT2D eigenvalue weighted by Crippen LogP contribution is -2.32. The molecule has 2 nitrogen and oxygen atoms in total. The van der Waals surface area contributed by atoms with E-state index in [1.54, 1.807) is 7.11 Å². The molecule has 1 fully saturated rings. The molecule has 2 N–H and O–H groups in total. The molecule has 0 aromatic heterocycles. The fourth-order valence-corrected chi connectivity index (χ4v) is 2.53. The van der Waals surface area contributed by atoms with Crippen molar-refractivity contribution >= 4 is 11.6 Å². The summed E-state index contributed by atoms with van der Waals surface area (Å²) in [4.78, 5) is 0. The minimum Gasteiger partial charge on any atom is -0.495 e. The first kappa shape index (κ1) is 10.8.